The SMILES string of the molecule is C=C(CN)CN1CCc2ccc([N+](=O)[O-])cc2C1=O. The zero-order valence-corrected chi connectivity index (χ0v) is 10.5. The minimum absolute atomic E-state index is 0.0633. The van der Waals surface area contributed by atoms with Gasteiger partial charge in [0.25, 0.3) is 11.6 Å². The molecule has 1 amide bonds. The second-order valence-electron chi connectivity index (χ2n) is 4.53. The molecule has 2 rings (SSSR count). The molecule has 0 unspecified atom stereocenters. The fourth-order valence-corrected chi connectivity index (χ4v) is 2.11. The summed E-state index contributed by atoms with van der Waals surface area (Å²) in [5.41, 5.74) is 7.43. The number of rotatable bonds is 4. The van der Waals surface area contributed by atoms with Crippen molar-refractivity contribution in [2.24, 2.45) is 5.73 Å². The van der Waals surface area contributed by atoms with Crippen LogP contribution in [0.15, 0.2) is 30.4 Å². The third kappa shape index (κ3) is 2.63. The number of hydrogen-bond acceptors (Lipinski definition) is 4. The maximum absolute atomic E-state index is 12.3. The lowest BCUT2D eigenvalue weighted by molar-refractivity contribution is -0.384. The standard InChI is InChI=1S/C13H15N3O3/c1-9(7-14)8-15-5-4-10-2-3-11(16(18)19)6-12(10)13(15)17/h2-3,6H,1,4-5,7-8,14H2. The Labute approximate surface area is 110 Å². The number of amides is 1. The Bertz CT molecular complexity index is 554. The largest absolute Gasteiger partial charge is 0.334 e. The van der Waals surface area contributed by atoms with Crippen molar-refractivity contribution in [3.8, 4) is 0 Å². The molecule has 0 atom stereocenters. The summed E-state index contributed by atoms with van der Waals surface area (Å²) in [4.78, 5) is 24.1. The lowest BCUT2D eigenvalue weighted by Gasteiger charge is -2.28. The van der Waals surface area contributed by atoms with Crippen molar-refractivity contribution in [3.63, 3.8) is 0 Å². The summed E-state index contributed by atoms with van der Waals surface area (Å²) >= 11 is 0. The molecule has 0 saturated heterocycles. The van der Waals surface area contributed by atoms with Crippen LogP contribution >= 0.6 is 0 Å². The van der Waals surface area contributed by atoms with Crippen molar-refractivity contribution in [2.75, 3.05) is 19.6 Å². The summed E-state index contributed by atoms with van der Waals surface area (Å²) in [6.07, 6.45) is 0.691. The molecule has 0 spiro atoms. The van der Waals surface area contributed by atoms with Crippen LogP contribution in [-0.2, 0) is 6.42 Å². The number of fused-ring (bicyclic) bond motifs is 1. The highest BCUT2D eigenvalue weighted by molar-refractivity contribution is 5.97. The number of carbonyl (C=O) groups excluding carboxylic acids is 1. The van der Waals surface area contributed by atoms with Gasteiger partial charge in [0.2, 0.25) is 0 Å². The van der Waals surface area contributed by atoms with Gasteiger partial charge in [0.05, 0.1) is 4.92 Å². The smallest absolute Gasteiger partial charge is 0.270 e. The van der Waals surface area contributed by atoms with E-state index in [1.807, 2.05) is 0 Å². The molecule has 1 aromatic carbocycles. The van der Waals surface area contributed by atoms with Crippen LogP contribution in [0.25, 0.3) is 0 Å². The van der Waals surface area contributed by atoms with Crippen molar-refractivity contribution in [1.29, 1.82) is 0 Å². The topological polar surface area (TPSA) is 89.5 Å². The van der Waals surface area contributed by atoms with Crippen molar-refractivity contribution in [2.45, 2.75) is 6.42 Å². The first-order valence-electron chi connectivity index (χ1n) is 5.96. The van der Waals surface area contributed by atoms with E-state index in [1.165, 1.54) is 12.1 Å². The number of benzene rings is 1. The molecule has 1 aliphatic rings. The number of nitrogens with two attached hydrogens (primary N) is 1. The fraction of sp³-hybridized carbons (Fsp3) is 0.308. The Balaban J connectivity index is 2.28. The van der Waals surface area contributed by atoms with Gasteiger partial charge in [-0.25, -0.2) is 0 Å². The number of non-ortho nitro benzene ring substituents is 1. The molecule has 0 saturated carbocycles. The molecule has 0 radical (unpaired) electrons. The number of nitrogens with zero attached hydrogens (tertiary/aromatic N) is 2. The molecule has 1 heterocycles. The van der Waals surface area contributed by atoms with Gasteiger partial charge in [0.15, 0.2) is 0 Å². The molecule has 0 fully saturated rings. The van der Waals surface area contributed by atoms with E-state index in [1.54, 1.807) is 11.0 Å². The summed E-state index contributed by atoms with van der Waals surface area (Å²) in [7, 11) is 0. The van der Waals surface area contributed by atoms with E-state index in [9.17, 15) is 14.9 Å². The van der Waals surface area contributed by atoms with Crippen molar-refractivity contribution < 1.29 is 9.72 Å². The molecule has 6 heteroatoms. The van der Waals surface area contributed by atoms with Crippen molar-refractivity contribution in [1.82, 2.24) is 4.90 Å². The highest BCUT2D eigenvalue weighted by Gasteiger charge is 2.26. The van der Waals surface area contributed by atoms with E-state index in [2.05, 4.69) is 6.58 Å². The third-order valence-corrected chi connectivity index (χ3v) is 3.18. The molecule has 1 aromatic rings. The average molecular weight is 261 g/mol. The minimum Gasteiger partial charge on any atom is -0.334 e. The summed E-state index contributed by atoms with van der Waals surface area (Å²) in [6, 6.07) is 4.43. The normalized spacial score (nSPS) is 14.2. The number of hydrogen-bond donors (Lipinski definition) is 1. The van der Waals surface area contributed by atoms with Gasteiger partial charge in [-0.15, -0.1) is 0 Å². The zero-order chi connectivity index (χ0) is 14.0. The fourth-order valence-electron chi connectivity index (χ4n) is 2.11. The molecular weight excluding hydrogens is 246 g/mol. The molecule has 100 valence electrons. The van der Waals surface area contributed by atoms with E-state index in [0.717, 1.165) is 11.1 Å². The van der Waals surface area contributed by atoms with Gasteiger partial charge in [-0.2, -0.15) is 0 Å². The maximum Gasteiger partial charge on any atom is 0.270 e. The summed E-state index contributed by atoms with van der Waals surface area (Å²) in [5, 5.41) is 10.7. The monoisotopic (exact) mass is 261 g/mol. The molecule has 6 nitrogen and oxygen atoms in total. The second kappa shape index (κ2) is 5.19. The molecule has 1 aliphatic heterocycles. The van der Waals surface area contributed by atoms with Crippen LogP contribution in [0, 0.1) is 10.1 Å². The quantitative estimate of drug-likeness (QED) is 0.499. The molecule has 2 N–H and O–H groups in total. The van der Waals surface area contributed by atoms with Crippen LogP contribution in [-0.4, -0.2) is 35.4 Å². The van der Waals surface area contributed by atoms with E-state index < -0.39 is 4.92 Å². The molecule has 19 heavy (non-hydrogen) atoms. The van der Waals surface area contributed by atoms with Crippen molar-refractivity contribution in [3.05, 3.63) is 51.6 Å². The van der Waals surface area contributed by atoms with Gasteiger partial charge in [0, 0.05) is 37.3 Å². The van der Waals surface area contributed by atoms with E-state index in [-0.39, 0.29) is 11.6 Å². The first-order valence-corrected chi connectivity index (χ1v) is 5.96. The number of nitro benzene ring substituents is 1. The Hall–Kier alpha value is -2.21. The number of carbonyl (C=O) groups is 1. The van der Waals surface area contributed by atoms with Crippen LogP contribution in [0.5, 0.6) is 0 Å². The van der Waals surface area contributed by atoms with Crippen LogP contribution < -0.4 is 5.73 Å². The van der Waals surface area contributed by atoms with Crippen LogP contribution in [0.3, 0.4) is 0 Å². The minimum atomic E-state index is -0.495. The maximum atomic E-state index is 12.3. The second-order valence-corrected chi connectivity index (χ2v) is 4.53. The molecule has 0 aliphatic carbocycles. The van der Waals surface area contributed by atoms with Crippen LogP contribution in [0.2, 0.25) is 0 Å². The highest BCUT2D eigenvalue weighted by atomic mass is 16.6. The number of nitro groups is 1. The molecule has 0 bridgehead atoms. The van der Waals surface area contributed by atoms with E-state index in [0.29, 0.717) is 31.6 Å². The van der Waals surface area contributed by atoms with Gasteiger partial charge in [-0.1, -0.05) is 12.6 Å². The predicted molar refractivity (Wildman–Crippen MR) is 70.9 cm³/mol. The summed E-state index contributed by atoms with van der Waals surface area (Å²) in [6.45, 7) is 5.09. The first kappa shape index (κ1) is 13.2. The van der Waals surface area contributed by atoms with Gasteiger partial charge in [-0.05, 0) is 17.6 Å². The Morgan fingerprint density at radius 2 is 2.26 bits per heavy atom. The Morgan fingerprint density at radius 1 is 1.53 bits per heavy atom. The zero-order valence-electron chi connectivity index (χ0n) is 10.5. The van der Waals surface area contributed by atoms with Gasteiger partial charge in [0.1, 0.15) is 0 Å². The Morgan fingerprint density at radius 3 is 2.89 bits per heavy atom. The summed E-state index contributed by atoms with van der Waals surface area (Å²) in [5.74, 6) is -0.195. The van der Waals surface area contributed by atoms with E-state index in [4.69, 9.17) is 5.73 Å². The van der Waals surface area contributed by atoms with E-state index >= 15 is 0 Å². The predicted octanol–water partition coefficient (Wildman–Crippen LogP) is 1.11. The average Bonchev–Trinajstić information content (AvgIpc) is 2.41. The van der Waals surface area contributed by atoms with Gasteiger partial charge < -0.3 is 10.6 Å². The van der Waals surface area contributed by atoms with Gasteiger partial charge >= 0.3 is 0 Å². The molecular formula is C13H15N3O3. The van der Waals surface area contributed by atoms with Crippen molar-refractivity contribution >= 4 is 11.6 Å². The van der Waals surface area contributed by atoms with Gasteiger partial charge in [-0.3, -0.25) is 14.9 Å². The highest BCUT2D eigenvalue weighted by Crippen LogP contribution is 2.24. The summed E-state index contributed by atoms with van der Waals surface area (Å²) < 4.78 is 0. The van der Waals surface area contributed by atoms with Crippen LogP contribution in [0.4, 0.5) is 5.69 Å². The van der Waals surface area contributed by atoms with Crippen LogP contribution in [0.1, 0.15) is 15.9 Å². The molecule has 0 aromatic heterocycles. The first-order chi connectivity index (χ1) is 9.02. The third-order valence-electron chi connectivity index (χ3n) is 3.18. The lowest BCUT2D eigenvalue weighted by Crippen LogP contribution is -2.39. The Kier molecular flexibility index (Phi) is 3.62. The lowest BCUT2D eigenvalue weighted by atomic mass is 9.98.